The molecule has 0 radical (unpaired) electrons. The molecule has 1 aliphatic carbocycles. The van der Waals surface area contributed by atoms with Gasteiger partial charge in [-0.1, -0.05) is 19.3 Å². The summed E-state index contributed by atoms with van der Waals surface area (Å²) < 4.78 is 1.26. The number of aromatic nitrogens is 2. The molecule has 1 fully saturated rings. The molecule has 0 spiro atoms. The highest BCUT2D eigenvalue weighted by atomic mass is 16.3. The van der Waals surface area contributed by atoms with Crippen LogP contribution in [0.2, 0.25) is 0 Å². The molecule has 5 nitrogen and oxygen atoms in total. The second-order valence-corrected chi connectivity index (χ2v) is 3.76. The fourth-order valence-corrected chi connectivity index (χ4v) is 2.11. The van der Waals surface area contributed by atoms with Crippen molar-refractivity contribution in [2.24, 2.45) is 0 Å². The third-order valence-electron chi connectivity index (χ3n) is 2.82. The second kappa shape index (κ2) is 3.40. The van der Waals surface area contributed by atoms with Crippen molar-refractivity contribution in [3.63, 3.8) is 0 Å². The van der Waals surface area contributed by atoms with E-state index in [0.29, 0.717) is 0 Å². The Hall–Kier alpha value is -1.39. The molecule has 0 aromatic carbocycles. The van der Waals surface area contributed by atoms with Crippen molar-refractivity contribution >= 4 is 0 Å². The van der Waals surface area contributed by atoms with Gasteiger partial charge in [-0.15, -0.1) is 0 Å². The van der Waals surface area contributed by atoms with Gasteiger partial charge in [0, 0.05) is 6.04 Å². The molecule has 0 bridgehead atoms. The third kappa shape index (κ3) is 1.38. The minimum atomic E-state index is -0.430. The summed E-state index contributed by atoms with van der Waals surface area (Å²) in [5, 5.41) is 18.6. The predicted octanol–water partition coefficient (Wildman–Crippen LogP) is 1.09. The first-order valence-corrected chi connectivity index (χ1v) is 4.92. The summed E-state index contributed by atoms with van der Waals surface area (Å²) in [5.74, 6) is -0.762. The van der Waals surface area contributed by atoms with Crippen LogP contribution in [0.1, 0.15) is 38.1 Å². The third-order valence-corrected chi connectivity index (χ3v) is 2.82. The van der Waals surface area contributed by atoms with Gasteiger partial charge in [-0.3, -0.25) is 9.55 Å². The number of rotatable bonds is 1. The van der Waals surface area contributed by atoms with E-state index in [-0.39, 0.29) is 11.9 Å². The topological polar surface area (TPSA) is 78.2 Å². The zero-order valence-electron chi connectivity index (χ0n) is 7.86. The monoisotopic (exact) mass is 198 g/mol. The van der Waals surface area contributed by atoms with Gasteiger partial charge < -0.3 is 10.2 Å². The number of aromatic hydroxyl groups is 2. The number of imidazole rings is 1. The van der Waals surface area contributed by atoms with Crippen LogP contribution in [0.25, 0.3) is 0 Å². The largest absolute Gasteiger partial charge is 0.491 e. The normalized spacial score (nSPS) is 18.6. The maximum absolute atomic E-state index is 11.3. The molecule has 1 aromatic rings. The van der Waals surface area contributed by atoms with E-state index in [1.54, 1.807) is 0 Å². The zero-order chi connectivity index (χ0) is 10.1. The van der Waals surface area contributed by atoms with Gasteiger partial charge in [0.05, 0.1) is 0 Å². The van der Waals surface area contributed by atoms with Gasteiger partial charge in [-0.2, -0.15) is 0 Å². The smallest absolute Gasteiger partial charge is 0.331 e. The summed E-state index contributed by atoms with van der Waals surface area (Å²) in [4.78, 5) is 13.5. The van der Waals surface area contributed by atoms with E-state index in [4.69, 9.17) is 5.11 Å². The molecule has 1 aromatic heterocycles. The standard InChI is InChI=1S/C9H14N2O3/c12-7-8(13)11(9(14)10-7)6-4-2-1-3-5-6/h6,12-13H,1-5H2,(H,10,14). The van der Waals surface area contributed by atoms with Gasteiger partial charge in [0.15, 0.2) is 0 Å². The van der Waals surface area contributed by atoms with E-state index in [9.17, 15) is 9.90 Å². The first-order valence-electron chi connectivity index (χ1n) is 4.92. The Labute approximate surface area is 81.0 Å². The second-order valence-electron chi connectivity index (χ2n) is 3.76. The lowest BCUT2D eigenvalue weighted by Gasteiger charge is -2.22. The van der Waals surface area contributed by atoms with E-state index in [2.05, 4.69) is 4.98 Å². The number of H-pyrrole nitrogens is 1. The minimum absolute atomic E-state index is 0.0356. The van der Waals surface area contributed by atoms with Crippen molar-refractivity contribution in [2.45, 2.75) is 38.1 Å². The maximum atomic E-state index is 11.3. The summed E-state index contributed by atoms with van der Waals surface area (Å²) in [6.45, 7) is 0. The van der Waals surface area contributed by atoms with E-state index in [1.165, 1.54) is 11.0 Å². The van der Waals surface area contributed by atoms with Crippen LogP contribution in [-0.2, 0) is 0 Å². The number of hydrogen-bond acceptors (Lipinski definition) is 3. The van der Waals surface area contributed by atoms with Crippen LogP contribution in [0.15, 0.2) is 4.79 Å². The summed E-state index contributed by atoms with van der Waals surface area (Å²) in [5.41, 5.74) is -0.424. The van der Waals surface area contributed by atoms with Gasteiger partial charge in [0.2, 0.25) is 0 Å². The molecule has 78 valence electrons. The first kappa shape index (κ1) is 9.18. The lowest BCUT2D eigenvalue weighted by molar-refractivity contribution is 0.298. The molecule has 0 aliphatic heterocycles. The van der Waals surface area contributed by atoms with Gasteiger partial charge >= 0.3 is 5.69 Å². The fraction of sp³-hybridized carbons (Fsp3) is 0.667. The molecule has 2 rings (SSSR count). The van der Waals surface area contributed by atoms with Crippen LogP contribution >= 0.6 is 0 Å². The fourth-order valence-electron chi connectivity index (χ4n) is 2.11. The molecule has 1 saturated carbocycles. The van der Waals surface area contributed by atoms with Gasteiger partial charge in [0.25, 0.3) is 11.8 Å². The molecule has 0 amide bonds. The quantitative estimate of drug-likeness (QED) is 0.632. The molecule has 1 aliphatic rings. The molecular formula is C9H14N2O3. The molecule has 0 unspecified atom stereocenters. The average molecular weight is 198 g/mol. The van der Waals surface area contributed by atoms with Crippen molar-refractivity contribution in [3.05, 3.63) is 10.5 Å². The zero-order valence-corrected chi connectivity index (χ0v) is 7.86. The molecule has 14 heavy (non-hydrogen) atoms. The van der Waals surface area contributed by atoms with Crippen molar-refractivity contribution in [1.29, 1.82) is 0 Å². The number of aromatic amines is 1. The Balaban J connectivity index is 2.34. The van der Waals surface area contributed by atoms with E-state index in [0.717, 1.165) is 25.7 Å². The van der Waals surface area contributed by atoms with Crippen LogP contribution in [0, 0.1) is 0 Å². The van der Waals surface area contributed by atoms with Gasteiger partial charge in [-0.05, 0) is 12.8 Å². The van der Waals surface area contributed by atoms with Crippen molar-refractivity contribution in [3.8, 4) is 11.8 Å². The van der Waals surface area contributed by atoms with Crippen LogP contribution in [0.4, 0.5) is 0 Å². The highest BCUT2D eigenvalue weighted by Crippen LogP contribution is 2.32. The summed E-state index contributed by atoms with van der Waals surface area (Å²) >= 11 is 0. The van der Waals surface area contributed by atoms with Crippen LogP contribution < -0.4 is 5.69 Å². The molecular weight excluding hydrogens is 184 g/mol. The maximum Gasteiger partial charge on any atom is 0.331 e. The number of nitrogens with zero attached hydrogens (tertiary/aromatic N) is 1. The van der Waals surface area contributed by atoms with Crippen LogP contribution in [-0.4, -0.2) is 19.8 Å². The van der Waals surface area contributed by atoms with E-state index in [1.807, 2.05) is 0 Å². The van der Waals surface area contributed by atoms with E-state index >= 15 is 0 Å². The summed E-state index contributed by atoms with van der Waals surface area (Å²) in [6.07, 6.45) is 5.11. The highest BCUT2D eigenvalue weighted by Gasteiger charge is 2.22. The lowest BCUT2D eigenvalue weighted by atomic mass is 9.95. The Morgan fingerprint density at radius 1 is 1.21 bits per heavy atom. The molecule has 3 N–H and O–H groups in total. The Morgan fingerprint density at radius 2 is 1.86 bits per heavy atom. The Morgan fingerprint density at radius 3 is 2.36 bits per heavy atom. The Kier molecular flexibility index (Phi) is 2.23. The van der Waals surface area contributed by atoms with Crippen molar-refractivity contribution < 1.29 is 10.2 Å². The average Bonchev–Trinajstić information content (AvgIpc) is 2.43. The van der Waals surface area contributed by atoms with Crippen molar-refractivity contribution in [2.75, 3.05) is 0 Å². The molecule has 0 atom stereocenters. The van der Waals surface area contributed by atoms with E-state index < -0.39 is 11.6 Å². The molecule has 5 heteroatoms. The first-order chi connectivity index (χ1) is 6.70. The predicted molar refractivity (Wildman–Crippen MR) is 50.5 cm³/mol. The minimum Gasteiger partial charge on any atom is -0.491 e. The van der Waals surface area contributed by atoms with Crippen LogP contribution in [0.5, 0.6) is 11.8 Å². The van der Waals surface area contributed by atoms with Crippen LogP contribution in [0.3, 0.4) is 0 Å². The SMILES string of the molecule is O=c1[nH]c(O)c(O)n1C1CCCCC1. The van der Waals surface area contributed by atoms with Crippen molar-refractivity contribution in [1.82, 2.24) is 9.55 Å². The number of hydrogen-bond donors (Lipinski definition) is 3. The molecule has 0 saturated heterocycles. The number of nitrogens with one attached hydrogen (secondary N) is 1. The lowest BCUT2D eigenvalue weighted by Crippen LogP contribution is -2.23. The summed E-state index contributed by atoms with van der Waals surface area (Å²) in [7, 11) is 0. The van der Waals surface area contributed by atoms with Gasteiger partial charge in [-0.25, -0.2) is 4.79 Å². The van der Waals surface area contributed by atoms with Gasteiger partial charge in [0.1, 0.15) is 0 Å². The Bertz CT molecular complexity index is 374. The molecule has 1 heterocycles. The highest BCUT2D eigenvalue weighted by molar-refractivity contribution is 5.24. The summed E-state index contributed by atoms with van der Waals surface area (Å²) in [6, 6.07) is 0.0356.